The number of carbonyl (C=O) groups excluding carboxylic acids is 2. The van der Waals surface area contributed by atoms with Gasteiger partial charge in [0.15, 0.2) is 0 Å². The summed E-state index contributed by atoms with van der Waals surface area (Å²) < 4.78 is 30.2. The van der Waals surface area contributed by atoms with Crippen LogP contribution in [0.15, 0.2) is 0 Å². The molecule has 0 aromatic carbocycles. The Morgan fingerprint density at radius 3 is 2.65 bits per heavy atom. The fourth-order valence-electron chi connectivity index (χ4n) is 2.24. The molecule has 0 aliphatic carbocycles. The molecule has 1 aliphatic rings. The minimum absolute atomic E-state index is 0.00456. The highest BCUT2D eigenvalue weighted by molar-refractivity contribution is 7.89. The normalized spacial score (nSPS) is 20.8. The second-order valence-electron chi connectivity index (χ2n) is 4.95. The minimum Gasteiger partial charge on any atom is -0.469 e. The average Bonchev–Trinajstić information content (AvgIpc) is 2.85. The smallest absolute Gasteiger partial charge is 0.310 e. The van der Waals surface area contributed by atoms with Gasteiger partial charge in [0.1, 0.15) is 0 Å². The molecular formula is C12H22N2O5S. The molecule has 0 saturated carbocycles. The van der Waals surface area contributed by atoms with E-state index >= 15 is 0 Å². The lowest BCUT2D eigenvalue weighted by Gasteiger charge is -2.21. The Morgan fingerprint density at radius 2 is 2.10 bits per heavy atom. The molecular weight excluding hydrogens is 284 g/mol. The van der Waals surface area contributed by atoms with Crippen LogP contribution >= 0.6 is 0 Å². The highest BCUT2D eigenvalue weighted by Crippen LogP contribution is 2.18. The first-order valence-corrected chi connectivity index (χ1v) is 8.32. The van der Waals surface area contributed by atoms with Gasteiger partial charge in [-0.05, 0) is 19.8 Å². The van der Waals surface area contributed by atoms with Gasteiger partial charge in [-0.2, -0.15) is 0 Å². The molecule has 7 nitrogen and oxygen atoms in total. The quantitative estimate of drug-likeness (QED) is 0.682. The number of hydrogen-bond donors (Lipinski definition) is 1. The topological polar surface area (TPSA) is 92.8 Å². The predicted octanol–water partition coefficient (Wildman–Crippen LogP) is -0.274. The second kappa shape index (κ2) is 7.03. The van der Waals surface area contributed by atoms with Crippen molar-refractivity contribution >= 4 is 21.9 Å². The molecule has 1 fully saturated rings. The number of likely N-dealkylation sites (tertiary alicyclic amines) is 1. The van der Waals surface area contributed by atoms with Crippen molar-refractivity contribution in [3.63, 3.8) is 0 Å². The van der Waals surface area contributed by atoms with Gasteiger partial charge in [-0.15, -0.1) is 0 Å². The lowest BCUT2D eigenvalue weighted by Crippen LogP contribution is -2.46. The van der Waals surface area contributed by atoms with Gasteiger partial charge < -0.3 is 9.64 Å². The summed E-state index contributed by atoms with van der Waals surface area (Å²) in [6, 6.07) is -0.817. The summed E-state index contributed by atoms with van der Waals surface area (Å²) in [6.07, 6.45) is 1.04. The third-order valence-electron chi connectivity index (χ3n) is 3.23. The maximum atomic E-state index is 12.1. The Hall–Kier alpha value is -1.15. The Kier molecular flexibility index (Phi) is 5.94. The number of ether oxygens (including phenoxy) is 1. The van der Waals surface area contributed by atoms with Crippen molar-refractivity contribution in [1.29, 1.82) is 0 Å². The van der Waals surface area contributed by atoms with E-state index in [0.717, 1.165) is 0 Å². The van der Waals surface area contributed by atoms with Gasteiger partial charge in [-0.3, -0.25) is 9.59 Å². The highest BCUT2D eigenvalue weighted by Gasteiger charge is 2.34. The molecule has 8 heteroatoms. The zero-order valence-corrected chi connectivity index (χ0v) is 12.9. The molecule has 1 N–H and O–H groups in total. The zero-order chi connectivity index (χ0) is 15.3. The molecule has 1 rings (SSSR count). The summed E-state index contributed by atoms with van der Waals surface area (Å²) in [5.41, 5.74) is 0. The first-order valence-electron chi connectivity index (χ1n) is 6.67. The molecule has 1 heterocycles. The zero-order valence-electron chi connectivity index (χ0n) is 12.1. The lowest BCUT2D eigenvalue weighted by molar-refractivity contribution is -0.145. The molecule has 1 aliphatic heterocycles. The van der Waals surface area contributed by atoms with Crippen LogP contribution < -0.4 is 4.72 Å². The number of rotatable bonds is 6. The van der Waals surface area contributed by atoms with Gasteiger partial charge in [0.05, 0.1) is 24.8 Å². The maximum absolute atomic E-state index is 12.1. The number of nitrogens with one attached hydrogen (secondary N) is 1. The minimum atomic E-state index is -3.43. The van der Waals surface area contributed by atoms with Crippen molar-refractivity contribution in [3.8, 4) is 0 Å². The van der Waals surface area contributed by atoms with Gasteiger partial charge in [0.2, 0.25) is 15.9 Å². The molecule has 20 heavy (non-hydrogen) atoms. The standard InChI is InChI=1S/C12H22N2O5S/c1-4-7-20(17,18)13-9(2)11(15)14-6-5-10(8-14)12(16)19-3/h9-10,13H,4-8H2,1-3H3. The molecule has 0 aromatic rings. The van der Waals surface area contributed by atoms with Gasteiger partial charge in [-0.25, -0.2) is 13.1 Å². The van der Waals surface area contributed by atoms with E-state index in [1.165, 1.54) is 18.9 Å². The summed E-state index contributed by atoms with van der Waals surface area (Å²) in [6.45, 7) is 4.00. The lowest BCUT2D eigenvalue weighted by atomic mass is 10.1. The van der Waals surface area contributed by atoms with E-state index in [-0.39, 0.29) is 30.1 Å². The number of carbonyl (C=O) groups is 2. The molecule has 0 spiro atoms. The third kappa shape index (κ3) is 4.45. The van der Waals surface area contributed by atoms with Crippen LogP contribution in [0.3, 0.4) is 0 Å². The summed E-state index contributed by atoms with van der Waals surface area (Å²) in [4.78, 5) is 25.0. The molecule has 0 radical (unpaired) electrons. The van der Waals surface area contributed by atoms with Crippen molar-refractivity contribution < 1.29 is 22.7 Å². The SMILES string of the molecule is CCCS(=O)(=O)NC(C)C(=O)N1CCC(C(=O)OC)C1. The average molecular weight is 306 g/mol. The fraction of sp³-hybridized carbons (Fsp3) is 0.833. The predicted molar refractivity (Wildman–Crippen MR) is 73.4 cm³/mol. The van der Waals surface area contributed by atoms with Crippen LogP contribution in [-0.4, -0.2) is 57.2 Å². The van der Waals surface area contributed by atoms with Gasteiger partial charge in [0.25, 0.3) is 0 Å². The molecule has 0 bridgehead atoms. The Labute approximate surface area is 119 Å². The molecule has 1 saturated heterocycles. The summed E-state index contributed by atoms with van der Waals surface area (Å²) in [7, 11) is -2.12. The number of amides is 1. The van der Waals surface area contributed by atoms with E-state index < -0.39 is 16.1 Å². The van der Waals surface area contributed by atoms with E-state index in [2.05, 4.69) is 9.46 Å². The van der Waals surface area contributed by atoms with Crippen LogP contribution in [0.5, 0.6) is 0 Å². The summed E-state index contributed by atoms with van der Waals surface area (Å²) in [5, 5.41) is 0. The molecule has 0 aromatic heterocycles. The van der Waals surface area contributed by atoms with Crippen molar-refractivity contribution in [3.05, 3.63) is 0 Å². The fourth-order valence-corrected chi connectivity index (χ4v) is 3.54. The second-order valence-corrected chi connectivity index (χ2v) is 6.82. The van der Waals surface area contributed by atoms with Crippen LogP contribution in [-0.2, 0) is 24.3 Å². The molecule has 1 amide bonds. The van der Waals surface area contributed by atoms with Gasteiger partial charge in [-0.1, -0.05) is 6.92 Å². The van der Waals surface area contributed by atoms with E-state index in [9.17, 15) is 18.0 Å². The van der Waals surface area contributed by atoms with Gasteiger partial charge >= 0.3 is 5.97 Å². The number of methoxy groups -OCH3 is 1. The van der Waals surface area contributed by atoms with Crippen molar-refractivity contribution in [2.75, 3.05) is 26.0 Å². The highest BCUT2D eigenvalue weighted by atomic mass is 32.2. The summed E-state index contributed by atoms with van der Waals surface area (Å²) in [5.74, 6) is -0.964. The maximum Gasteiger partial charge on any atom is 0.310 e. The van der Waals surface area contributed by atoms with Crippen LogP contribution in [0.2, 0.25) is 0 Å². The van der Waals surface area contributed by atoms with E-state index in [1.54, 1.807) is 6.92 Å². The largest absolute Gasteiger partial charge is 0.469 e. The molecule has 2 atom stereocenters. The van der Waals surface area contributed by atoms with Crippen molar-refractivity contribution in [2.45, 2.75) is 32.7 Å². The van der Waals surface area contributed by atoms with Crippen LogP contribution in [0.1, 0.15) is 26.7 Å². The number of esters is 1. The Bertz CT molecular complexity index is 462. The Morgan fingerprint density at radius 1 is 1.45 bits per heavy atom. The van der Waals surface area contributed by atoms with Crippen LogP contribution in [0, 0.1) is 5.92 Å². The first-order chi connectivity index (χ1) is 9.30. The van der Waals surface area contributed by atoms with Crippen molar-refractivity contribution in [2.24, 2.45) is 5.92 Å². The number of nitrogens with zero attached hydrogens (tertiary/aromatic N) is 1. The molecule has 116 valence electrons. The first kappa shape index (κ1) is 16.9. The number of sulfonamides is 1. The van der Waals surface area contributed by atoms with Crippen LogP contribution in [0.25, 0.3) is 0 Å². The number of hydrogen-bond acceptors (Lipinski definition) is 5. The third-order valence-corrected chi connectivity index (χ3v) is 4.89. The van der Waals surface area contributed by atoms with Gasteiger partial charge in [0, 0.05) is 13.1 Å². The monoisotopic (exact) mass is 306 g/mol. The van der Waals surface area contributed by atoms with E-state index in [1.807, 2.05) is 0 Å². The van der Waals surface area contributed by atoms with E-state index in [0.29, 0.717) is 19.4 Å². The van der Waals surface area contributed by atoms with E-state index in [4.69, 9.17) is 0 Å². The Balaban J connectivity index is 2.57. The molecule has 2 unspecified atom stereocenters. The van der Waals surface area contributed by atoms with Crippen molar-refractivity contribution in [1.82, 2.24) is 9.62 Å². The van der Waals surface area contributed by atoms with Crippen LogP contribution in [0.4, 0.5) is 0 Å². The summed E-state index contributed by atoms with van der Waals surface area (Å²) >= 11 is 0.